The summed E-state index contributed by atoms with van der Waals surface area (Å²) >= 11 is 13.5. The molecule has 0 heterocycles. The average molecular weight is 648 g/mol. The molecule has 0 spiro atoms. The lowest BCUT2D eigenvalue weighted by Crippen LogP contribution is -2.16. The molecule has 0 bridgehead atoms. The van der Waals surface area contributed by atoms with Gasteiger partial charge in [0.15, 0.2) is 0 Å². The number of aromatic hydroxyl groups is 1. The average Bonchev–Trinajstić information content (AvgIpc) is 2.66. The minimum absolute atomic E-state index is 0.0117. The Balaban J connectivity index is 1.83. The molecule has 0 fully saturated rings. The van der Waals surface area contributed by atoms with Crippen molar-refractivity contribution in [2.24, 2.45) is 0 Å². The molecule has 0 aliphatic carbocycles. The van der Waals surface area contributed by atoms with Gasteiger partial charge in [-0.15, -0.1) is 0 Å². The van der Waals surface area contributed by atoms with Crippen LogP contribution in [0, 0.1) is 0 Å². The number of anilines is 2. The van der Waals surface area contributed by atoms with Crippen molar-refractivity contribution in [2.45, 2.75) is 0 Å². The van der Waals surface area contributed by atoms with Gasteiger partial charge in [-0.25, -0.2) is 0 Å². The highest BCUT2D eigenvalue weighted by atomic mass is 79.9. The molecule has 0 atom stereocenters. The zero-order valence-corrected chi connectivity index (χ0v) is 20.8. The van der Waals surface area contributed by atoms with E-state index in [4.69, 9.17) is 0 Å². The Labute approximate surface area is 200 Å². The molecule has 0 unspecified atom stereocenters. The van der Waals surface area contributed by atoms with Gasteiger partial charge in [0.25, 0.3) is 11.8 Å². The molecule has 2 amide bonds. The van der Waals surface area contributed by atoms with E-state index in [9.17, 15) is 14.7 Å². The van der Waals surface area contributed by atoms with Crippen LogP contribution in [0.5, 0.6) is 5.75 Å². The molecule has 5 nitrogen and oxygen atoms in total. The van der Waals surface area contributed by atoms with Crippen LogP contribution in [-0.4, -0.2) is 16.9 Å². The van der Waals surface area contributed by atoms with Crippen molar-refractivity contribution in [3.63, 3.8) is 0 Å². The topological polar surface area (TPSA) is 78.4 Å². The molecule has 29 heavy (non-hydrogen) atoms. The molecule has 3 rings (SSSR count). The van der Waals surface area contributed by atoms with Crippen molar-refractivity contribution in [3.05, 3.63) is 83.6 Å². The zero-order chi connectivity index (χ0) is 21.1. The first kappa shape index (κ1) is 22.0. The largest absolute Gasteiger partial charge is 0.507 e. The summed E-state index contributed by atoms with van der Waals surface area (Å²) in [5.74, 6) is -1.17. The van der Waals surface area contributed by atoms with Gasteiger partial charge in [0.1, 0.15) is 5.75 Å². The summed E-state index contributed by atoms with van der Waals surface area (Å²) < 4.78 is 3.10. The van der Waals surface area contributed by atoms with Gasteiger partial charge in [0.05, 0.1) is 16.9 Å². The van der Waals surface area contributed by atoms with Gasteiger partial charge in [-0.05, 0) is 86.5 Å². The highest BCUT2D eigenvalue weighted by molar-refractivity contribution is 9.11. The van der Waals surface area contributed by atoms with E-state index in [2.05, 4.69) is 74.4 Å². The molecule has 0 aliphatic rings. The van der Waals surface area contributed by atoms with E-state index >= 15 is 0 Å². The van der Waals surface area contributed by atoms with E-state index in [1.54, 1.807) is 36.4 Å². The van der Waals surface area contributed by atoms with Crippen LogP contribution < -0.4 is 10.6 Å². The molecule has 9 heteroatoms. The highest BCUT2D eigenvalue weighted by Crippen LogP contribution is 2.29. The van der Waals surface area contributed by atoms with Crippen LogP contribution in [0.1, 0.15) is 20.7 Å². The minimum Gasteiger partial charge on any atom is -0.507 e. The third-order valence-electron chi connectivity index (χ3n) is 3.86. The smallest absolute Gasteiger partial charge is 0.259 e. The van der Waals surface area contributed by atoms with Crippen molar-refractivity contribution in [1.82, 2.24) is 0 Å². The van der Waals surface area contributed by atoms with Crippen LogP contribution >= 0.6 is 63.7 Å². The Morgan fingerprint density at radius 3 is 1.72 bits per heavy atom. The van der Waals surface area contributed by atoms with Crippen molar-refractivity contribution >= 4 is 86.9 Å². The van der Waals surface area contributed by atoms with Gasteiger partial charge in [-0.1, -0.05) is 31.9 Å². The van der Waals surface area contributed by atoms with Gasteiger partial charge >= 0.3 is 0 Å². The first-order valence-corrected chi connectivity index (χ1v) is 11.3. The third-order valence-corrected chi connectivity index (χ3v) is 6.16. The Morgan fingerprint density at radius 1 is 0.690 bits per heavy atom. The predicted molar refractivity (Wildman–Crippen MR) is 128 cm³/mol. The number of halogens is 4. The SMILES string of the molecule is O=C(Nc1ccc(Br)cc1Br)c1ccc(O)c(C(=O)Nc2ccc(Br)cc2Br)c1. The first-order chi connectivity index (χ1) is 13.7. The van der Waals surface area contributed by atoms with Gasteiger partial charge < -0.3 is 15.7 Å². The van der Waals surface area contributed by atoms with E-state index in [0.717, 1.165) is 8.95 Å². The molecule has 148 valence electrons. The summed E-state index contributed by atoms with van der Waals surface area (Å²) in [6.45, 7) is 0. The predicted octanol–water partition coefficient (Wildman–Crippen LogP) is 6.95. The molecular formula is C20H12Br4N2O3. The summed E-state index contributed by atoms with van der Waals surface area (Å²) in [6, 6.07) is 14.7. The lowest BCUT2D eigenvalue weighted by Gasteiger charge is -2.11. The normalized spacial score (nSPS) is 10.5. The van der Waals surface area contributed by atoms with Crippen molar-refractivity contribution in [3.8, 4) is 5.75 Å². The number of phenolic OH excluding ortho intramolecular Hbond substituents is 1. The maximum atomic E-state index is 12.6. The van der Waals surface area contributed by atoms with E-state index in [1.165, 1.54) is 18.2 Å². The van der Waals surface area contributed by atoms with E-state index < -0.39 is 11.8 Å². The fourth-order valence-corrected chi connectivity index (χ4v) is 4.72. The lowest BCUT2D eigenvalue weighted by molar-refractivity contribution is 0.102. The molecule has 0 saturated heterocycles. The van der Waals surface area contributed by atoms with Crippen molar-refractivity contribution in [2.75, 3.05) is 10.6 Å². The van der Waals surface area contributed by atoms with Crippen LogP contribution in [0.15, 0.2) is 72.5 Å². The van der Waals surface area contributed by atoms with Crippen LogP contribution in [0.25, 0.3) is 0 Å². The number of amides is 2. The number of phenols is 1. The maximum Gasteiger partial charge on any atom is 0.259 e. The first-order valence-electron chi connectivity index (χ1n) is 8.10. The lowest BCUT2D eigenvalue weighted by atomic mass is 10.1. The molecule has 0 aliphatic heterocycles. The second-order valence-corrected chi connectivity index (χ2v) is 9.43. The number of hydrogen-bond donors (Lipinski definition) is 3. The van der Waals surface area contributed by atoms with E-state index in [-0.39, 0.29) is 16.9 Å². The number of carbonyl (C=O) groups is 2. The van der Waals surface area contributed by atoms with Gasteiger partial charge in [0.2, 0.25) is 0 Å². The van der Waals surface area contributed by atoms with Gasteiger partial charge in [-0.3, -0.25) is 9.59 Å². The van der Waals surface area contributed by atoms with Crippen LogP contribution in [0.3, 0.4) is 0 Å². The molecule has 0 radical (unpaired) electrons. The Hall–Kier alpha value is -1.68. The van der Waals surface area contributed by atoms with Crippen molar-refractivity contribution < 1.29 is 14.7 Å². The molecule has 0 saturated carbocycles. The molecule has 3 aromatic rings. The number of nitrogens with one attached hydrogen (secondary N) is 2. The molecule has 0 aromatic heterocycles. The quantitative estimate of drug-likeness (QED) is 0.287. The van der Waals surface area contributed by atoms with Crippen LogP contribution in [0.2, 0.25) is 0 Å². The Kier molecular flexibility index (Phi) is 7.15. The zero-order valence-electron chi connectivity index (χ0n) is 14.5. The van der Waals surface area contributed by atoms with Crippen molar-refractivity contribution in [1.29, 1.82) is 0 Å². The number of rotatable bonds is 4. The summed E-state index contributed by atoms with van der Waals surface area (Å²) in [5, 5.41) is 15.6. The number of carbonyl (C=O) groups excluding carboxylic acids is 2. The van der Waals surface area contributed by atoms with Crippen LogP contribution in [0.4, 0.5) is 11.4 Å². The monoisotopic (exact) mass is 644 g/mol. The third kappa shape index (κ3) is 5.48. The van der Waals surface area contributed by atoms with E-state index in [1.807, 2.05) is 0 Å². The van der Waals surface area contributed by atoms with Crippen LogP contribution in [-0.2, 0) is 0 Å². The Bertz CT molecular complexity index is 1120. The summed E-state index contributed by atoms with van der Waals surface area (Å²) in [4.78, 5) is 25.3. The minimum atomic E-state index is -0.537. The molecular weight excluding hydrogens is 636 g/mol. The second-order valence-electron chi connectivity index (χ2n) is 5.89. The standard InChI is InChI=1S/C20H12Br4N2O3/c21-11-2-4-16(14(23)8-11)25-19(28)10-1-6-18(27)13(7-10)20(29)26-17-5-3-12(22)9-15(17)24/h1-9,27H,(H,25,28)(H,26,29). The fourth-order valence-electron chi connectivity index (χ4n) is 2.42. The summed E-state index contributed by atoms with van der Waals surface area (Å²) in [7, 11) is 0. The fraction of sp³-hybridized carbons (Fsp3) is 0. The molecule has 3 N–H and O–H groups in total. The highest BCUT2D eigenvalue weighted by Gasteiger charge is 2.17. The van der Waals surface area contributed by atoms with Gasteiger partial charge in [-0.2, -0.15) is 0 Å². The van der Waals surface area contributed by atoms with Gasteiger partial charge in [0, 0.05) is 23.5 Å². The Morgan fingerprint density at radius 2 is 1.21 bits per heavy atom. The maximum absolute atomic E-state index is 12.6. The second kappa shape index (κ2) is 9.42. The number of benzene rings is 3. The summed E-state index contributed by atoms with van der Waals surface area (Å²) in [5.41, 5.74) is 1.34. The summed E-state index contributed by atoms with van der Waals surface area (Å²) in [6.07, 6.45) is 0. The molecule has 3 aromatic carbocycles. The van der Waals surface area contributed by atoms with E-state index in [0.29, 0.717) is 20.3 Å². The number of hydrogen-bond acceptors (Lipinski definition) is 3.